The summed E-state index contributed by atoms with van der Waals surface area (Å²) in [5.41, 5.74) is -6.86. The van der Waals surface area contributed by atoms with E-state index in [4.69, 9.17) is 5.11 Å². The van der Waals surface area contributed by atoms with Crippen molar-refractivity contribution in [2.45, 2.75) is 38.1 Å². The molecule has 1 fully saturated rings. The van der Waals surface area contributed by atoms with E-state index in [-0.39, 0.29) is 12.8 Å². The number of aliphatic carboxylic acids is 1. The van der Waals surface area contributed by atoms with Gasteiger partial charge in [0.1, 0.15) is 0 Å². The van der Waals surface area contributed by atoms with Gasteiger partial charge in [-0.15, -0.1) is 0 Å². The first-order chi connectivity index (χ1) is 8.50. The third-order valence-corrected chi connectivity index (χ3v) is 4.72. The van der Waals surface area contributed by atoms with Crippen LogP contribution in [0.5, 0.6) is 0 Å². The Balaban J connectivity index is 2.80. The number of hydrogen-bond donors (Lipinski definition) is 2. The van der Waals surface area contributed by atoms with Gasteiger partial charge >= 0.3 is 21.5 Å². The van der Waals surface area contributed by atoms with Gasteiger partial charge in [-0.1, -0.05) is 6.92 Å². The Bertz CT molecular complexity index is 438. The van der Waals surface area contributed by atoms with E-state index in [0.717, 1.165) is 0 Å². The van der Waals surface area contributed by atoms with Crippen molar-refractivity contribution < 1.29 is 31.5 Å². The van der Waals surface area contributed by atoms with Crippen LogP contribution in [0.3, 0.4) is 0 Å². The minimum Gasteiger partial charge on any atom is -0.481 e. The Labute approximate surface area is 109 Å². The molecule has 0 heterocycles. The summed E-state index contributed by atoms with van der Waals surface area (Å²) < 4.78 is 59.7. The highest BCUT2D eigenvalue weighted by atomic mass is 32.2. The molecule has 0 unspecified atom stereocenters. The van der Waals surface area contributed by atoms with Gasteiger partial charge in [0.2, 0.25) is 0 Å². The van der Waals surface area contributed by atoms with Crippen LogP contribution in [0, 0.1) is 11.3 Å². The highest BCUT2D eigenvalue weighted by Crippen LogP contribution is 2.39. The molecule has 9 heteroatoms. The first-order valence-electron chi connectivity index (χ1n) is 5.79. The Morgan fingerprint density at radius 1 is 1.37 bits per heavy atom. The summed E-state index contributed by atoms with van der Waals surface area (Å²) in [5, 5.41) is 9.16. The van der Waals surface area contributed by atoms with Gasteiger partial charge in [-0.3, -0.25) is 4.79 Å². The summed E-state index contributed by atoms with van der Waals surface area (Å²) in [6, 6.07) is 0. The van der Waals surface area contributed by atoms with Gasteiger partial charge in [0, 0.05) is 6.54 Å². The molecule has 5 nitrogen and oxygen atoms in total. The molecular formula is C10H16F3NO4S. The standard InChI is InChI=1S/C10H16F3NO4S/c1-7-2-4-9(5-3-7,8(15)16)6-14-19(17,18)10(11,12)13/h7,14H,2-6H2,1H3,(H,15,16). The summed E-state index contributed by atoms with van der Waals surface area (Å²) in [4.78, 5) is 11.2. The van der Waals surface area contributed by atoms with Crippen LogP contribution >= 0.6 is 0 Å². The molecule has 0 aromatic rings. The molecule has 1 aliphatic rings. The van der Waals surface area contributed by atoms with Crippen molar-refractivity contribution >= 4 is 16.0 Å². The van der Waals surface area contributed by atoms with Gasteiger partial charge in [0.25, 0.3) is 0 Å². The molecule has 19 heavy (non-hydrogen) atoms. The molecule has 0 saturated heterocycles. The van der Waals surface area contributed by atoms with Crippen LogP contribution in [0.2, 0.25) is 0 Å². The second-order valence-corrected chi connectivity index (χ2v) is 6.80. The van der Waals surface area contributed by atoms with Crippen LogP contribution in [-0.4, -0.2) is 31.5 Å². The lowest BCUT2D eigenvalue weighted by Crippen LogP contribution is -2.48. The van der Waals surface area contributed by atoms with Crippen molar-refractivity contribution in [2.75, 3.05) is 6.54 Å². The molecular weight excluding hydrogens is 287 g/mol. The summed E-state index contributed by atoms with van der Waals surface area (Å²) in [7, 11) is -5.50. The molecule has 112 valence electrons. The smallest absolute Gasteiger partial charge is 0.481 e. The third-order valence-electron chi connectivity index (χ3n) is 3.59. The molecule has 0 atom stereocenters. The van der Waals surface area contributed by atoms with Crippen LogP contribution in [0.1, 0.15) is 32.6 Å². The number of carboxylic acids is 1. The van der Waals surface area contributed by atoms with Crippen LogP contribution in [0.4, 0.5) is 13.2 Å². The summed E-state index contributed by atoms with van der Waals surface area (Å²) in [5.74, 6) is -0.962. The maximum absolute atomic E-state index is 12.2. The minimum atomic E-state index is -5.50. The fourth-order valence-corrected chi connectivity index (χ4v) is 2.73. The predicted molar refractivity (Wildman–Crippen MR) is 60.7 cm³/mol. The third kappa shape index (κ3) is 3.59. The molecule has 0 aromatic heterocycles. The van der Waals surface area contributed by atoms with E-state index in [1.807, 2.05) is 6.92 Å². The molecule has 0 amide bonds. The van der Waals surface area contributed by atoms with Crippen LogP contribution < -0.4 is 4.72 Å². The van der Waals surface area contributed by atoms with Gasteiger partial charge in [-0.05, 0) is 31.6 Å². The lowest BCUT2D eigenvalue weighted by Gasteiger charge is -2.35. The van der Waals surface area contributed by atoms with E-state index < -0.39 is 33.5 Å². The van der Waals surface area contributed by atoms with Crippen LogP contribution in [0.15, 0.2) is 0 Å². The molecule has 1 aliphatic carbocycles. The Hall–Kier alpha value is -0.830. The van der Waals surface area contributed by atoms with E-state index in [1.165, 1.54) is 4.72 Å². The summed E-state index contributed by atoms with van der Waals surface area (Å²) >= 11 is 0. The van der Waals surface area contributed by atoms with Gasteiger partial charge in [-0.2, -0.15) is 13.2 Å². The molecule has 0 aliphatic heterocycles. The minimum absolute atomic E-state index is 0.171. The van der Waals surface area contributed by atoms with Crippen LogP contribution in [-0.2, 0) is 14.8 Å². The largest absolute Gasteiger partial charge is 0.511 e. The number of alkyl halides is 3. The molecule has 2 N–H and O–H groups in total. The molecule has 0 aromatic carbocycles. The lowest BCUT2D eigenvalue weighted by molar-refractivity contribution is -0.151. The van der Waals surface area contributed by atoms with E-state index in [1.54, 1.807) is 0 Å². The van der Waals surface area contributed by atoms with E-state index >= 15 is 0 Å². The normalized spacial score (nSPS) is 29.2. The van der Waals surface area contributed by atoms with Gasteiger partial charge < -0.3 is 5.11 Å². The number of nitrogens with one attached hydrogen (secondary N) is 1. The Kier molecular flexibility index (Phi) is 4.51. The van der Waals surface area contributed by atoms with Crippen molar-refractivity contribution in [1.82, 2.24) is 4.72 Å². The van der Waals surface area contributed by atoms with Crippen molar-refractivity contribution in [3.8, 4) is 0 Å². The van der Waals surface area contributed by atoms with Gasteiger partial charge in [0.15, 0.2) is 0 Å². The van der Waals surface area contributed by atoms with E-state index in [2.05, 4.69) is 0 Å². The fourth-order valence-electron chi connectivity index (χ4n) is 2.10. The molecule has 1 saturated carbocycles. The number of carbonyl (C=O) groups is 1. The monoisotopic (exact) mass is 303 g/mol. The average Bonchev–Trinajstić information content (AvgIpc) is 2.27. The van der Waals surface area contributed by atoms with Gasteiger partial charge in [-0.25, -0.2) is 13.1 Å². The quantitative estimate of drug-likeness (QED) is 0.828. The maximum Gasteiger partial charge on any atom is 0.511 e. The number of carboxylic acid groups (broad SMARTS) is 1. The number of halogens is 3. The van der Waals surface area contributed by atoms with Crippen molar-refractivity contribution in [1.29, 1.82) is 0 Å². The highest BCUT2D eigenvalue weighted by Gasteiger charge is 2.49. The second-order valence-electron chi connectivity index (χ2n) is 5.04. The first-order valence-corrected chi connectivity index (χ1v) is 7.28. The zero-order valence-electron chi connectivity index (χ0n) is 10.3. The van der Waals surface area contributed by atoms with Crippen molar-refractivity contribution in [2.24, 2.45) is 11.3 Å². The SMILES string of the molecule is CC1CCC(CNS(=O)(=O)C(F)(F)F)(C(=O)O)CC1. The Morgan fingerprint density at radius 2 is 1.84 bits per heavy atom. The first kappa shape index (κ1) is 16.2. The Morgan fingerprint density at radius 3 is 2.21 bits per heavy atom. The lowest BCUT2D eigenvalue weighted by atomic mass is 9.71. The molecule has 1 rings (SSSR count). The number of sulfonamides is 1. The molecule has 0 spiro atoms. The van der Waals surface area contributed by atoms with E-state index in [9.17, 15) is 26.4 Å². The van der Waals surface area contributed by atoms with Crippen molar-refractivity contribution in [3.05, 3.63) is 0 Å². The predicted octanol–water partition coefficient (Wildman–Crippen LogP) is 1.71. The fraction of sp³-hybridized carbons (Fsp3) is 0.900. The van der Waals surface area contributed by atoms with E-state index in [0.29, 0.717) is 18.8 Å². The van der Waals surface area contributed by atoms with Gasteiger partial charge in [0.05, 0.1) is 5.41 Å². The highest BCUT2D eigenvalue weighted by molar-refractivity contribution is 7.90. The second kappa shape index (κ2) is 5.28. The maximum atomic E-state index is 12.2. The summed E-state index contributed by atoms with van der Waals surface area (Å²) in [6.45, 7) is 1.20. The summed E-state index contributed by atoms with van der Waals surface area (Å²) in [6.07, 6.45) is 1.45. The molecule has 0 radical (unpaired) electrons. The topological polar surface area (TPSA) is 83.5 Å². The van der Waals surface area contributed by atoms with Crippen molar-refractivity contribution in [3.63, 3.8) is 0 Å². The number of rotatable bonds is 4. The zero-order valence-corrected chi connectivity index (χ0v) is 11.1. The number of hydrogen-bond acceptors (Lipinski definition) is 3. The average molecular weight is 303 g/mol. The zero-order chi connectivity index (χ0) is 14.9. The van der Waals surface area contributed by atoms with Crippen LogP contribution in [0.25, 0.3) is 0 Å². The molecule has 0 bridgehead atoms.